The molecular weight excluding hydrogens is 438 g/mol. The van der Waals surface area contributed by atoms with Gasteiger partial charge in [0, 0.05) is 38.9 Å². The van der Waals surface area contributed by atoms with Crippen molar-refractivity contribution in [1.82, 2.24) is 14.7 Å². The number of hydrogen-bond donors (Lipinski definition) is 1. The van der Waals surface area contributed by atoms with Gasteiger partial charge >= 0.3 is 0 Å². The third-order valence-corrected chi connectivity index (χ3v) is 6.07. The first-order chi connectivity index (χ1) is 16.0. The highest BCUT2D eigenvalue weighted by Crippen LogP contribution is 2.37. The van der Waals surface area contributed by atoms with E-state index in [9.17, 15) is 5.11 Å². The van der Waals surface area contributed by atoms with E-state index in [1.54, 1.807) is 4.68 Å². The molecule has 33 heavy (non-hydrogen) atoms. The van der Waals surface area contributed by atoms with Gasteiger partial charge < -0.3 is 14.6 Å². The predicted octanol–water partition coefficient (Wildman–Crippen LogP) is 5.14. The molecule has 1 aliphatic carbocycles. The summed E-state index contributed by atoms with van der Waals surface area (Å²) in [4.78, 5) is 2.30. The molecular formula is C26H32ClN3O3. The summed E-state index contributed by atoms with van der Waals surface area (Å²) in [6.45, 7) is 4.94. The quantitative estimate of drug-likeness (QED) is 0.398. The summed E-state index contributed by atoms with van der Waals surface area (Å²) >= 11 is 6.39. The summed E-state index contributed by atoms with van der Waals surface area (Å²) in [7, 11) is 1.89. The Morgan fingerprint density at radius 3 is 2.58 bits per heavy atom. The van der Waals surface area contributed by atoms with Crippen molar-refractivity contribution in [3.05, 3.63) is 65.2 Å². The molecule has 0 aliphatic heterocycles. The number of nitrogens with zero attached hydrogens (tertiary/aromatic N) is 3. The van der Waals surface area contributed by atoms with E-state index in [0.29, 0.717) is 48.9 Å². The Bertz CT molecular complexity index is 1040. The number of halogens is 1. The van der Waals surface area contributed by atoms with E-state index in [-0.39, 0.29) is 0 Å². The molecule has 1 aliphatic rings. The van der Waals surface area contributed by atoms with Gasteiger partial charge in [-0.3, -0.25) is 4.90 Å². The highest BCUT2D eigenvalue weighted by atomic mass is 35.5. The van der Waals surface area contributed by atoms with Crippen molar-refractivity contribution in [2.75, 3.05) is 26.3 Å². The number of hydrogen-bond acceptors (Lipinski definition) is 5. The van der Waals surface area contributed by atoms with E-state index in [0.717, 1.165) is 23.4 Å². The molecule has 0 amide bonds. The van der Waals surface area contributed by atoms with Crippen molar-refractivity contribution < 1.29 is 14.6 Å². The molecule has 0 radical (unpaired) electrons. The second kappa shape index (κ2) is 11.2. The van der Waals surface area contributed by atoms with E-state index in [1.807, 2.05) is 56.4 Å². The maximum absolute atomic E-state index is 10.6. The van der Waals surface area contributed by atoms with Crippen molar-refractivity contribution in [3.8, 4) is 22.9 Å². The Kier molecular flexibility index (Phi) is 8.04. The van der Waals surface area contributed by atoms with Gasteiger partial charge in [0.15, 0.2) is 0 Å². The predicted molar refractivity (Wildman–Crippen MR) is 131 cm³/mol. The molecule has 7 heteroatoms. The number of para-hydroxylation sites is 1. The van der Waals surface area contributed by atoms with Gasteiger partial charge in [-0.25, -0.2) is 4.68 Å². The molecule has 0 saturated heterocycles. The van der Waals surface area contributed by atoms with E-state index in [4.69, 9.17) is 26.2 Å². The van der Waals surface area contributed by atoms with E-state index in [1.165, 1.54) is 12.8 Å². The van der Waals surface area contributed by atoms with Crippen molar-refractivity contribution >= 4 is 11.6 Å². The molecule has 176 valence electrons. The number of aliphatic hydroxyl groups excluding tert-OH is 1. The van der Waals surface area contributed by atoms with Crippen LogP contribution in [-0.4, -0.2) is 52.2 Å². The first-order valence-electron chi connectivity index (χ1n) is 11.6. The molecule has 1 heterocycles. The van der Waals surface area contributed by atoms with E-state index in [2.05, 4.69) is 17.0 Å². The van der Waals surface area contributed by atoms with Gasteiger partial charge in [0.25, 0.3) is 0 Å². The molecule has 1 N–H and O–H groups in total. The van der Waals surface area contributed by atoms with Crippen molar-refractivity contribution in [2.24, 2.45) is 13.0 Å². The number of ether oxygens (including phenoxy) is 2. The topological polar surface area (TPSA) is 59.8 Å². The maximum Gasteiger partial charge on any atom is 0.222 e. The Morgan fingerprint density at radius 2 is 1.88 bits per heavy atom. The van der Waals surface area contributed by atoms with Crippen LogP contribution in [0, 0.1) is 5.92 Å². The van der Waals surface area contributed by atoms with Crippen LogP contribution < -0.4 is 4.74 Å². The highest BCUT2D eigenvalue weighted by molar-refractivity contribution is 6.32. The first kappa shape index (κ1) is 23.8. The third kappa shape index (κ3) is 6.36. The molecule has 0 bridgehead atoms. The number of benzene rings is 2. The van der Waals surface area contributed by atoms with Crippen LogP contribution in [0.2, 0.25) is 5.02 Å². The molecule has 3 aromatic rings. The standard InChI is InChI=1S/C26H32ClN3O3/c1-3-32-18-21(31)16-30(15-19-13-14-19)17-22-25(20-9-5-4-6-10-20)28-29(2)26(22)33-24-12-8-7-11-23(24)27/h4-12,19,21,31H,3,13-18H2,1-2H3/t21-/m1/s1. The normalized spacial score (nSPS) is 14.6. The summed E-state index contributed by atoms with van der Waals surface area (Å²) in [5.74, 6) is 1.92. The summed E-state index contributed by atoms with van der Waals surface area (Å²) in [6, 6.07) is 17.6. The Labute approximate surface area is 200 Å². The third-order valence-electron chi connectivity index (χ3n) is 5.76. The van der Waals surface area contributed by atoms with E-state index < -0.39 is 6.10 Å². The minimum absolute atomic E-state index is 0.333. The Morgan fingerprint density at radius 1 is 1.15 bits per heavy atom. The van der Waals surface area contributed by atoms with Crippen LogP contribution in [-0.2, 0) is 18.3 Å². The van der Waals surface area contributed by atoms with Gasteiger partial charge in [0.1, 0.15) is 11.4 Å². The molecule has 0 spiro atoms. The Hall–Kier alpha value is -2.38. The second-order valence-corrected chi connectivity index (χ2v) is 9.01. The molecule has 0 unspecified atom stereocenters. The largest absolute Gasteiger partial charge is 0.437 e. The lowest BCUT2D eigenvalue weighted by Gasteiger charge is -2.25. The molecule has 1 fully saturated rings. The van der Waals surface area contributed by atoms with E-state index >= 15 is 0 Å². The molecule has 6 nitrogen and oxygen atoms in total. The number of aliphatic hydroxyl groups is 1. The zero-order valence-corrected chi connectivity index (χ0v) is 20.0. The van der Waals surface area contributed by atoms with Crippen LogP contribution in [0.25, 0.3) is 11.3 Å². The zero-order chi connectivity index (χ0) is 23.2. The molecule has 1 saturated carbocycles. The van der Waals surface area contributed by atoms with Crippen molar-refractivity contribution in [2.45, 2.75) is 32.4 Å². The first-order valence-corrected chi connectivity index (χ1v) is 11.9. The number of aryl methyl sites for hydroxylation is 1. The smallest absolute Gasteiger partial charge is 0.222 e. The summed E-state index contributed by atoms with van der Waals surface area (Å²) in [5, 5.41) is 15.9. The van der Waals surface area contributed by atoms with Gasteiger partial charge in [0.05, 0.1) is 23.3 Å². The highest BCUT2D eigenvalue weighted by Gasteiger charge is 2.28. The lowest BCUT2D eigenvalue weighted by atomic mass is 10.1. The summed E-state index contributed by atoms with van der Waals surface area (Å²) < 4.78 is 13.5. The lowest BCUT2D eigenvalue weighted by Crippen LogP contribution is -2.36. The fraction of sp³-hybridized carbons (Fsp3) is 0.423. The average Bonchev–Trinajstić information content (AvgIpc) is 3.58. The fourth-order valence-electron chi connectivity index (χ4n) is 3.98. The van der Waals surface area contributed by atoms with Crippen LogP contribution in [0.1, 0.15) is 25.3 Å². The monoisotopic (exact) mass is 469 g/mol. The van der Waals surface area contributed by atoms with Gasteiger partial charge in [-0.15, -0.1) is 0 Å². The van der Waals surface area contributed by atoms with Crippen LogP contribution in [0.4, 0.5) is 0 Å². The second-order valence-electron chi connectivity index (χ2n) is 8.61. The van der Waals surface area contributed by atoms with Crippen molar-refractivity contribution in [3.63, 3.8) is 0 Å². The molecule has 1 atom stereocenters. The van der Waals surface area contributed by atoms with Gasteiger partial charge in [0.2, 0.25) is 5.88 Å². The SMILES string of the molecule is CCOC[C@H](O)CN(Cc1c(-c2ccccc2)nn(C)c1Oc1ccccc1Cl)CC1CC1. The minimum Gasteiger partial charge on any atom is -0.437 e. The number of rotatable bonds is 12. The van der Waals surface area contributed by atoms with Gasteiger partial charge in [-0.1, -0.05) is 54.1 Å². The van der Waals surface area contributed by atoms with Gasteiger partial charge in [-0.05, 0) is 37.8 Å². The van der Waals surface area contributed by atoms with Gasteiger partial charge in [-0.2, -0.15) is 5.10 Å². The van der Waals surface area contributed by atoms with Crippen LogP contribution in [0.3, 0.4) is 0 Å². The van der Waals surface area contributed by atoms with Crippen LogP contribution in [0.15, 0.2) is 54.6 Å². The number of aromatic nitrogens is 2. The summed E-state index contributed by atoms with van der Waals surface area (Å²) in [5.41, 5.74) is 2.88. The maximum atomic E-state index is 10.6. The van der Waals surface area contributed by atoms with Crippen LogP contribution in [0.5, 0.6) is 11.6 Å². The summed E-state index contributed by atoms with van der Waals surface area (Å²) in [6.07, 6.45) is 1.92. The van der Waals surface area contributed by atoms with Crippen molar-refractivity contribution in [1.29, 1.82) is 0 Å². The Balaban J connectivity index is 1.67. The average molecular weight is 470 g/mol. The lowest BCUT2D eigenvalue weighted by molar-refractivity contribution is 0.0186. The van der Waals surface area contributed by atoms with Crippen LogP contribution >= 0.6 is 11.6 Å². The minimum atomic E-state index is -0.548. The molecule has 2 aromatic carbocycles. The molecule has 4 rings (SSSR count). The zero-order valence-electron chi connectivity index (χ0n) is 19.3. The fourth-order valence-corrected chi connectivity index (χ4v) is 4.15. The molecule has 1 aromatic heterocycles.